The summed E-state index contributed by atoms with van der Waals surface area (Å²) >= 11 is 1.07. The van der Waals surface area contributed by atoms with Crippen molar-refractivity contribution in [3.63, 3.8) is 0 Å². The molecule has 0 aliphatic carbocycles. The summed E-state index contributed by atoms with van der Waals surface area (Å²) in [5, 5.41) is 5.64. The van der Waals surface area contributed by atoms with Gasteiger partial charge in [-0.2, -0.15) is 9.36 Å². The number of ether oxygens (including phenoxy) is 1. The van der Waals surface area contributed by atoms with Gasteiger partial charge >= 0.3 is 12.0 Å². The van der Waals surface area contributed by atoms with Gasteiger partial charge in [-0.1, -0.05) is 60.7 Å². The topological polar surface area (TPSA) is 93.2 Å². The first-order chi connectivity index (χ1) is 13.7. The van der Waals surface area contributed by atoms with Gasteiger partial charge in [0, 0.05) is 23.5 Å². The molecule has 0 saturated heterocycles. The summed E-state index contributed by atoms with van der Waals surface area (Å²) in [4.78, 5) is 28.9. The predicted molar refractivity (Wildman–Crippen MR) is 108 cm³/mol. The summed E-state index contributed by atoms with van der Waals surface area (Å²) in [7, 11) is 0. The van der Waals surface area contributed by atoms with Gasteiger partial charge in [-0.15, -0.1) is 0 Å². The van der Waals surface area contributed by atoms with E-state index in [0.29, 0.717) is 17.4 Å². The number of rotatable bonds is 7. The minimum Gasteiger partial charge on any atom is -0.464 e. The predicted octanol–water partition coefficient (Wildman–Crippen LogP) is 3.50. The second-order valence-corrected chi connectivity index (χ2v) is 6.63. The number of nitrogens with one attached hydrogen (secondary N) is 2. The lowest BCUT2D eigenvalue weighted by atomic mass is 10.1. The number of benzene rings is 2. The molecule has 2 N–H and O–H groups in total. The van der Waals surface area contributed by atoms with E-state index in [2.05, 4.69) is 20.0 Å². The summed E-state index contributed by atoms with van der Waals surface area (Å²) in [5.41, 5.74) is 1.78. The fraction of sp³-hybridized carbons (Fsp3) is 0.200. The van der Waals surface area contributed by atoms with E-state index >= 15 is 0 Å². The van der Waals surface area contributed by atoms with Crippen LogP contribution in [0.5, 0.6) is 0 Å². The van der Waals surface area contributed by atoms with Crippen molar-refractivity contribution in [2.24, 2.45) is 0 Å². The standard InChI is InChI=1S/C20H20N4O3S/c1-2-27-18(25)16(13-14-9-5-3-6-10-14)21-19(26)23-20-22-17(24-28-20)15-11-7-4-8-12-15/h3-12,16H,2,13H2,1H3,(H2,21,22,23,24,26). The van der Waals surface area contributed by atoms with E-state index in [1.165, 1.54) is 0 Å². The third kappa shape index (κ3) is 5.37. The van der Waals surface area contributed by atoms with E-state index in [4.69, 9.17) is 4.74 Å². The number of hydrogen-bond acceptors (Lipinski definition) is 6. The highest BCUT2D eigenvalue weighted by atomic mass is 32.1. The zero-order valence-electron chi connectivity index (χ0n) is 15.3. The molecular formula is C20H20N4O3S. The maximum absolute atomic E-state index is 12.4. The third-order valence-electron chi connectivity index (χ3n) is 3.84. The van der Waals surface area contributed by atoms with E-state index in [1.807, 2.05) is 60.7 Å². The molecule has 28 heavy (non-hydrogen) atoms. The molecule has 0 radical (unpaired) electrons. The van der Waals surface area contributed by atoms with Crippen molar-refractivity contribution in [1.82, 2.24) is 14.7 Å². The Labute approximate surface area is 166 Å². The monoisotopic (exact) mass is 396 g/mol. The Hall–Kier alpha value is -3.26. The molecule has 0 aliphatic heterocycles. The van der Waals surface area contributed by atoms with E-state index in [1.54, 1.807) is 6.92 Å². The lowest BCUT2D eigenvalue weighted by molar-refractivity contribution is -0.145. The molecule has 3 aromatic rings. The molecule has 2 amide bonds. The van der Waals surface area contributed by atoms with Crippen LogP contribution in [0.1, 0.15) is 12.5 Å². The smallest absolute Gasteiger partial charge is 0.329 e. The van der Waals surface area contributed by atoms with Gasteiger partial charge in [0.1, 0.15) is 6.04 Å². The molecule has 0 aliphatic rings. The Kier molecular flexibility index (Phi) is 6.69. The summed E-state index contributed by atoms with van der Waals surface area (Å²) < 4.78 is 9.33. The second kappa shape index (κ2) is 9.61. The number of carbonyl (C=O) groups is 2. The lowest BCUT2D eigenvalue weighted by Gasteiger charge is -2.17. The van der Waals surface area contributed by atoms with E-state index in [-0.39, 0.29) is 6.61 Å². The molecule has 0 spiro atoms. The van der Waals surface area contributed by atoms with Crippen LogP contribution < -0.4 is 10.6 Å². The highest BCUT2D eigenvalue weighted by Gasteiger charge is 2.23. The van der Waals surface area contributed by atoms with Crippen molar-refractivity contribution in [1.29, 1.82) is 0 Å². The van der Waals surface area contributed by atoms with Gasteiger partial charge in [0.2, 0.25) is 5.13 Å². The number of amides is 2. The largest absolute Gasteiger partial charge is 0.464 e. The Morgan fingerprint density at radius 2 is 1.75 bits per heavy atom. The van der Waals surface area contributed by atoms with Crippen LogP contribution in [0.4, 0.5) is 9.93 Å². The fourth-order valence-corrected chi connectivity index (χ4v) is 3.14. The number of aromatic nitrogens is 2. The Morgan fingerprint density at radius 1 is 1.07 bits per heavy atom. The third-order valence-corrected chi connectivity index (χ3v) is 4.47. The molecule has 1 unspecified atom stereocenters. The quantitative estimate of drug-likeness (QED) is 0.596. The van der Waals surface area contributed by atoms with E-state index in [9.17, 15) is 9.59 Å². The maximum atomic E-state index is 12.4. The van der Waals surface area contributed by atoms with E-state index < -0.39 is 18.0 Å². The van der Waals surface area contributed by atoms with Gasteiger partial charge in [-0.3, -0.25) is 5.32 Å². The number of anilines is 1. The second-order valence-electron chi connectivity index (χ2n) is 5.88. The van der Waals surface area contributed by atoms with Crippen LogP contribution in [0.15, 0.2) is 60.7 Å². The van der Waals surface area contributed by atoms with Crippen molar-refractivity contribution in [3.05, 3.63) is 66.2 Å². The van der Waals surface area contributed by atoms with E-state index in [0.717, 1.165) is 22.7 Å². The molecule has 8 heteroatoms. The first-order valence-corrected chi connectivity index (χ1v) is 9.60. The SMILES string of the molecule is CCOC(=O)C(Cc1ccccc1)NC(=O)Nc1nc(-c2ccccc2)ns1. The normalized spacial score (nSPS) is 11.5. The van der Waals surface area contributed by atoms with Crippen molar-refractivity contribution < 1.29 is 14.3 Å². The first kappa shape index (κ1) is 19.5. The number of carbonyl (C=O) groups excluding carboxylic acids is 2. The maximum Gasteiger partial charge on any atom is 0.329 e. The number of esters is 1. The van der Waals surface area contributed by atoms with Gasteiger partial charge < -0.3 is 10.1 Å². The van der Waals surface area contributed by atoms with Gasteiger partial charge in [0.05, 0.1) is 6.61 Å². The van der Waals surface area contributed by atoms with Gasteiger partial charge in [-0.05, 0) is 12.5 Å². The zero-order chi connectivity index (χ0) is 19.8. The Balaban J connectivity index is 1.65. The first-order valence-electron chi connectivity index (χ1n) is 8.83. The van der Waals surface area contributed by atoms with Crippen LogP contribution in [0.2, 0.25) is 0 Å². The van der Waals surface area contributed by atoms with Crippen molar-refractivity contribution in [3.8, 4) is 11.4 Å². The Morgan fingerprint density at radius 3 is 2.43 bits per heavy atom. The molecule has 3 rings (SSSR count). The molecule has 0 saturated carbocycles. The molecule has 2 aromatic carbocycles. The summed E-state index contributed by atoms with van der Waals surface area (Å²) in [6.07, 6.45) is 0.332. The summed E-state index contributed by atoms with van der Waals surface area (Å²) in [6, 6.07) is 17.6. The van der Waals surface area contributed by atoms with Crippen molar-refractivity contribution in [2.45, 2.75) is 19.4 Å². The summed E-state index contributed by atoms with van der Waals surface area (Å²) in [6.45, 7) is 1.97. The highest BCUT2D eigenvalue weighted by molar-refractivity contribution is 7.10. The molecule has 1 aromatic heterocycles. The Bertz CT molecular complexity index is 915. The van der Waals surface area contributed by atoms with Crippen LogP contribution in [0.3, 0.4) is 0 Å². The minimum atomic E-state index is -0.802. The molecule has 1 atom stereocenters. The van der Waals surface area contributed by atoms with Crippen LogP contribution in [0.25, 0.3) is 11.4 Å². The van der Waals surface area contributed by atoms with Crippen LogP contribution in [-0.2, 0) is 16.0 Å². The number of urea groups is 1. The van der Waals surface area contributed by atoms with Crippen LogP contribution in [0, 0.1) is 0 Å². The van der Waals surface area contributed by atoms with Gasteiger partial charge in [0.15, 0.2) is 5.82 Å². The number of nitrogens with zero attached hydrogens (tertiary/aromatic N) is 2. The highest BCUT2D eigenvalue weighted by Crippen LogP contribution is 2.20. The van der Waals surface area contributed by atoms with Crippen molar-refractivity contribution in [2.75, 3.05) is 11.9 Å². The lowest BCUT2D eigenvalue weighted by Crippen LogP contribution is -2.45. The zero-order valence-corrected chi connectivity index (χ0v) is 16.1. The molecule has 0 fully saturated rings. The molecule has 144 valence electrons. The van der Waals surface area contributed by atoms with Gasteiger partial charge in [0.25, 0.3) is 0 Å². The van der Waals surface area contributed by atoms with Crippen molar-refractivity contribution >= 4 is 28.7 Å². The fourth-order valence-electron chi connectivity index (χ4n) is 2.56. The molecular weight excluding hydrogens is 376 g/mol. The number of hydrogen-bond donors (Lipinski definition) is 2. The van der Waals surface area contributed by atoms with Crippen LogP contribution in [-0.4, -0.2) is 34.0 Å². The molecule has 0 bridgehead atoms. The van der Waals surface area contributed by atoms with Gasteiger partial charge in [-0.25, -0.2) is 9.59 Å². The average molecular weight is 396 g/mol. The molecule has 1 heterocycles. The molecule has 7 nitrogen and oxygen atoms in total. The van der Waals surface area contributed by atoms with Crippen LogP contribution >= 0.6 is 11.5 Å². The average Bonchev–Trinajstić information content (AvgIpc) is 3.17. The summed E-state index contributed by atoms with van der Waals surface area (Å²) in [5.74, 6) is 0.0517. The minimum absolute atomic E-state index is 0.240.